The summed E-state index contributed by atoms with van der Waals surface area (Å²) >= 11 is 0. The topological polar surface area (TPSA) is 77.0 Å². The molecule has 0 saturated carbocycles. The monoisotopic (exact) mass is 418 g/mol. The Morgan fingerprint density at radius 1 is 0.935 bits per heavy atom. The molecule has 0 aliphatic heterocycles. The van der Waals surface area contributed by atoms with Gasteiger partial charge in [0.25, 0.3) is 5.91 Å². The average Bonchev–Trinajstić information content (AvgIpc) is 2.78. The van der Waals surface area contributed by atoms with E-state index < -0.39 is 17.7 Å². The van der Waals surface area contributed by atoms with Gasteiger partial charge in [0.1, 0.15) is 17.3 Å². The molecule has 3 aromatic rings. The number of carbonyl (C=O) groups excluding carboxylic acids is 2. The van der Waals surface area contributed by atoms with Crippen molar-refractivity contribution in [3.05, 3.63) is 101 Å². The fraction of sp³-hybridized carbons (Fsp3) is 0.0417. The van der Waals surface area contributed by atoms with Crippen molar-refractivity contribution < 1.29 is 23.5 Å². The van der Waals surface area contributed by atoms with E-state index in [9.17, 15) is 14.0 Å². The smallest absolute Gasteiger partial charge is 0.336 e. The first-order valence-corrected chi connectivity index (χ1v) is 9.26. The van der Waals surface area contributed by atoms with Crippen LogP contribution < -0.4 is 14.9 Å². The van der Waals surface area contributed by atoms with Crippen molar-refractivity contribution in [2.75, 3.05) is 7.11 Å². The molecule has 6 nitrogen and oxygen atoms in total. The Balaban J connectivity index is 1.55. The summed E-state index contributed by atoms with van der Waals surface area (Å²) in [6, 6.07) is 19.0. The van der Waals surface area contributed by atoms with E-state index in [0.29, 0.717) is 11.3 Å². The van der Waals surface area contributed by atoms with Gasteiger partial charge in [-0.25, -0.2) is 14.6 Å². The van der Waals surface area contributed by atoms with Gasteiger partial charge in [0.05, 0.1) is 13.3 Å². The highest BCUT2D eigenvalue weighted by Gasteiger charge is 2.04. The minimum Gasteiger partial charge on any atom is -0.497 e. The molecule has 3 rings (SSSR count). The van der Waals surface area contributed by atoms with E-state index >= 15 is 0 Å². The Morgan fingerprint density at radius 3 is 2.39 bits per heavy atom. The molecule has 31 heavy (non-hydrogen) atoms. The number of amides is 1. The molecular formula is C24H19FN2O4. The molecule has 0 saturated heterocycles. The zero-order chi connectivity index (χ0) is 22.1. The quantitative estimate of drug-likeness (QED) is 0.205. The molecule has 0 radical (unpaired) electrons. The second-order valence-electron chi connectivity index (χ2n) is 6.31. The summed E-state index contributed by atoms with van der Waals surface area (Å²) in [5.41, 5.74) is 4.08. The van der Waals surface area contributed by atoms with Gasteiger partial charge < -0.3 is 9.47 Å². The maximum atomic E-state index is 12.9. The highest BCUT2D eigenvalue weighted by Crippen LogP contribution is 2.14. The summed E-state index contributed by atoms with van der Waals surface area (Å²) in [5.74, 6) is -0.368. The lowest BCUT2D eigenvalue weighted by molar-refractivity contribution is -0.128. The molecule has 0 spiro atoms. The molecule has 1 amide bonds. The third-order valence-corrected chi connectivity index (χ3v) is 4.09. The fourth-order valence-electron chi connectivity index (χ4n) is 2.52. The highest BCUT2D eigenvalue weighted by molar-refractivity contribution is 5.95. The van der Waals surface area contributed by atoms with Gasteiger partial charge in [-0.15, -0.1) is 0 Å². The number of halogens is 1. The Morgan fingerprint density at radius 2 is 1.68 bits per heavy atom. The summed E-state index contributed by atoms with van der Waals surface area (Å²) in [7, 11) is 1.58. The van der Waals surface area contributed by atoms with Gasteiger partial charge in [-0.3, -0.25) is 4.79 Å². The van der Waals surface area contributed by atoms with E-state index in [1.165, 1.54) is 36.6 Å². The van der Waals surface area contributed by atoms with Crippen LogP contribution in [0.3, 0.4) is 0 Å². The Kier molecular flexibility index (Phi) is 7.26. The number of esters is 1. The van der Waals surface area contributed by atoms with E-state index in [1.54, 1.807) is 49.6 Å². The largest absolute Gasteiger partial charge is 0.497 e. The first-order chi connectivity index (χ1) is 15.0. The number of hydrazone groups is 1. The van der Waals surface area contributed by atoms with Gasteiger partial charge in [-0.2, -0.15) is 5.10 Å². The molecular weight excluding hydrogens is 399 g/mol. The Labute approximate surface area is 178 Å². The lowest BCUT2D eigenvalue weighted by Crippen LogP contribution is -2.17. The number of nitrogens with zero attached hydrogens (tertiary/aromatic N) is 1. The van der Waals surface area contributed by atoms with Crippen LogP contribution in [0.4, 0.5) is 4.39 Å². The Hall–Kier alpha value is -4.26. The molecule has 0 aromatic heterocycles. The van der Waals surface area contributed by atoms with Gasteiger partial charge in [0.2, 0.25) is 0 Å². The van der Waals surface area contributed by atoms with Crippen LogP contribution in [0.15, 0.2) is 84.0 Å². The van der Waals surface area contributed by atoms with Gasteiger partial charge in [-0.05, 0) is 65.7 Å². The maximum Gasteiger partial charge on any atom is 0.336 e. The molecule has 3 aromatic carbocycles. The minimum atomic E-state index is -0.533. The van der Waals surface area contributed by atoms with Crippen LogP contribution in [0.25, 0.3) is 6.08 Å². The van der Waals surface area contributed by atoms with Crippen molar-refractivity contribution in [1.29, 1.82) is 0 Å². The predicted octanol–water partition coefficient (Wildman–Crippen LogP) is 4.22. The molecule has 0 fully saturated rings. The number of rotatable bonds is 7. The molecule has 0 atom stereocenters. The number of ether oxygens (including phenoxy) is 2. The first-order valence-electron chi connectivity index (χ1n) is 9.26. The second kappa shape index (κ2) is 10.5. The molecule has 156 valence electrons. The van der Waals surface area contributed by atoms with Gasteiger partial charge in [0, 0.05) is 11.6 Å². The van der Waals surface area contributed by atoms with Crippen molar-refractivity contribution in [1.82, 2.24) is 5.43 Å². The first kappa shape index (κ1) is 21.4. The van der Waals surface area contributed by atoms with E-state index in [4.69, 9.17) is 9.47 Å². The number of nitrogens with one attached hydrogen (secondary N) is 1. The van der Waals surface area contributed by atoms with Crippen molar-refractivity contribution in [2.45, 2.75) is 0 Å². The third-order valence-electron chi connectivity index (χ3n) is 4.09. The highest BCUT2D eigenvalue weighted by atomic mass is 19.1. The molecule has 7 heteroatoms. The summed E-state index contributed by atoms with van der Waals surface area (Å²) in [6.07, 6.45) is 4.37. The number of benzene rings is 3. The normalized spacial score (nSPS) is 10.9. The number of hydrogen-bond acceptors (Lipinski definition) is 5. The van der Waals surface area contributed by atoms with Crippen LogP contribution in [0.1, 0.15) is 21.5 Å². The zero-order valence-electron chi connectivity index (χ0n) is 16.6. The maximum absolute atomic E-state index is 12.9. The van der Waals surface area contributed by atoms with Gasteiger partial charge in [0.15, 0.2) is 0 Å². The number of methoxy groups -OCH3 is 1. The second-order valence-corrected chi connectivity index (χ2v) is 6.31. The molecule has 0 bridgehead atoms. The summed E-state index contributed by atoms with van der Waals surface area (Å²) in [6.45, 7) is 0. The molecule has 0 unspecified atom stereocenters. The van der Waals surface area contributed by atoms with Crippen molar-refractivity contribution >= 4 is 24.2 Å². The number of hydrogen-bond donors (Lipinski definition) is 1. The van der Waals surface area contributed by atoms with Gasteiger partial charge in [-0.1, -0.05) is 24.3 Å². The molecule has 0 heterocycles. The van der Waals surface area contributed by atoms with Crippen molar-refractivity contribution in [3.8, 4) is 11.5 Å². The van der Waals surface area contributed by atoms with Crippen LogP contribution in [-0.2, 0) is 4.79 Å². The SMILES string of the molecule is COc1ccc(C=CC(=O)Oc2cccc(C=NNC(=O)c3ccc(F)cc3)c2)cc1. The van der Waals surface area contributed by atoms with Crippen LogP contribution in [-0.4, -0.2) is 25.2 Å². The van der Waals surface area contributed by atoms with Gasteiger partial charge >= 0.3 is 5.97 Å². The summed E-state index contributed by atoms with van der Waals surface area (Å²) in [4.78, 5) is 24.0. The molecule has 1 N–H and O–H groups in total. The zero-order valence-corrected chi connectivity index (χ0v) is 16.6. The minimum absolute atomic E-state index is 0.282. The van der Waals surface area contributed by atoms with E-state index in [-0.39, 0.29) is 5.56 Å². The number of carbonyl (C=O) groups is 2. The van der Waals surface area contributed by atoms with Crippen LogP contribution >= 0.6 is 0 Å². The predicted molar refractivity (Wildman–Crippen MR) is 116 cm³/mol. The van der Waals surface area contributed by atoms with Crippen LogP contribution in [0, 0.1) is 5.82 Å². The van der Waals surface area contributed by atoms with Crippen molar-refractivity contribution in [2.24, 2.45) is 5.10 Å². The summed E-state index contributed by atoms with van der Waals surface area (Å²) < 4.78 is 23.3. The Bertz CT molecular complexity index is 1110. The molecule has 0 aliphatic carbocycles. The van der Waals surface area contributed by atoms with Crippen LogP contribution in [0.5, 0.6) is 11.5 Å². The lowest BCUT2D eigenvalue weighted by atomic mass is 10.2. The third kappa shape index (κ3) is 6.64. The molecule has 0 aliphatic rings. The standard InChI is InChI=1S/C24H19FN2O4/c1-30-21-12-5-17(6-13-21)7-14-23(28)31-22-4-2-3-18(15-22)16-26-27-24(29)19-8-10-20(25)11-9-19/h2-16H,1H3,(H,27,29). The average molecular weight is 418 g/mol. The van der Waals surface area contributed by atoms with E-state index in [0.717, 1.165) is 11.3 Å². The van der Waals surface area contributed by atoms with Crippen LogP contribution in [0.2, 0.25) is 0 Å². The van der Waals surface area contributed by atoms with E-state index in [2.05, 4.69) is 10.5 Å². The lowest BCUT2D eigenvalue weighted by Gasteiger charge is -2.03. The summed E-state index contributed by atoms with van der Waals surface area (Å²) in [5, 5.41) is 3.87. The van der Waals surface area contributed by atoms with E-state index in [1.807, 2.05) is 12.1 Å². The van der Waals surface area contributed by atoms with Crippen molar-refractivity contribution in [3.63, 3.8) is 0 Å². The fourth-order valence-corrected chi connectivity index (χ4v) is 2.52.